The molecule has 1 saturated carbocycles. The largest absolute Gasteiger partial charge is 0.381 e. The first-order valence-corrected chi connectivity index (χ1v) is 8.23. The van der Waals surface area contributed by atoms with E-state index in [1.807, 2.05) is 0 Å². The van der Waals surface area contributed by atoms with Gasteiger partial charge in [-0.2, -0.15) is 0 Å². The van der Waals surface area contributed by atoms with E-state index in [-0.39, 0.29) is 17.2 Å². The number of hydrogen-bond donors (Lipinski definition) is 2. The van der Waals surface area contributed by atoms with Crippen LogP contribution in [0.4, 0.5) is 4.79 Å². The van der Waals surface area contributed by atoms with Gasteiger partial charge in [-0.15, -0.1) is 9.24 Å². The van der Waals surface area contributed by atoms with Gasteiger partial charge < -0.3 is 10.1 Å². The zero-order valence-corrected chi connectivity index (χ0v) is 13.6. The molecule has 2 N–H and O–H groups in total. The number of carbonyl (C=O) groups excluding carboxylic acids is 2. The highest BCUT2D eigenvalue weighted by molar-refractivity contribution is 7.18. The molecule has 0 bridgehead atoms. The molecule has 3 aliphatic rings. The monoisotopic (exact) mass is 313 g/mol. The Balaban J connectivity index is 1.60. The van der Waals surface area contributed by atoms with Crippen molar-refractivity contribution in [3.63, 3.8) is 0 Å². The van der Waals surface area contributed by atoms with Crippen molar-refractivity contribution in [2.24, 2.45) is 5.92 Å². The third kappa shape index (κ3) is 2.81. The van der Waals surface area contributed by atoms with Crippen LogP contribution in [-0.2, 0) is 9.53 Å². The molecule has 6 nitrogen and oxygen atoms in total. The first-order valence-electron chi connectivity index (χ1n) is 7.65. The second-order valence-corrected chi connectivity index (χ2v) is 7.78. The SMILES string of the molecule is CN(CC1CCOC1)[C@]1(P)CC[C@@]2(CC1)NC(=O)NC2=O. The van der Waals surface area contributed by atoms with Crippen molar-refractivity contribution in [3.8, 4) is 0 Å². The van der Waals surface area contributed by atoms with E-state index in [0.717, 1.165) is 39.0 Å². The van der Waals surface area contributed by atoms with Crippen molar-refractivity contribution < 1.29 is 14.3 Å². The van der Waals surface area contributed by atoms with Gasteiger partial charge in [0.15, 0.2) is 0 Å². The van der Waals surface area contributed by atoms with Gasteiger partial charge in [-0.3, -0.25) is 15.0 Å². The summed E-state index contributed by atoms with van der Waals surface area (Å²) in [6.07, 6.45) is 4.29. The molecule has 0 radical (unpaired) electrons. The number of urea groups is 1. The summed E-state index contributed by atoms with van der Waals surface area (Å²) in [6.45, 7) is 2.75. The Morgan fingerprint density at radius 2 is 2.05 bits per heavy atom. The van der Waals surface area contributed by atoms with Crippen LogP contribution in [0.25, 0.3) is 0 Å². The lowest BCUT2D eigenvalue weighted by Crippen LogP contribution is -2.56. The van der Waals surface area contributed by atoms with Crippen LogP contribution in [0, 0.1) is 5.92 Å². The molecule has 1 spiro atoms. The molecule has 0 aromatic rings. The molecular weight excluding hydrogens is 289 g/mol. The number of carbonyl (C=O) groups is 2. The number of hydrogen-bond acceptors (Lipinski definition) is 4. The van der Waals surface area contributed by atoms with E-state index in [1.165, 1.54) is 0 Å². The summed E-state index contributed by atoms with van der Waals surface area (Å²) in [5, 5.41) is 5.20. The van der Waals surface area contributed by atoms with Gasteiger partial charge in [0.1, 0.15) is 5.54 Å². The predicted octanol–water partition coefficient (Wildman–Crippen LogP) is 0.678. The number of imide groups is 1. The first kappa shape index (κ1) is 15.2. The smallest absolute Gasteiger partial charge is 0.322 e. The molecule has 0 aromatic heterocycles. The third-order valence-electron chi connectivity index (χ3n) is 5.30. The van der Waals surface area contributed by atoms with Crippen LogP contribution in [0.2, 0.25) is 0 Å². The zero-order chi connectivity index (χ0) is 15.1. The fourth-order valence-corrected chi connectivity index (χ4v) is 4.06. The Morgan fingerprint density at radius 1 is 1.33 bits per heavy atom. The highest BCUT2D eigenvalue weighted by Gasteiger charge is 2.51. The number of rotatable bonds is 3. The van der Waals surface area contributed by atoms with Crippen LogP contribution in [-0.4, -0.2) is 54.5 Å². The van der Waals surface area contributed by atoms with Crippen molar-refractivity contribution >= 4 is 21.2 Å². The normalized spacial score (nSPS) is 39.9. The lowest BCUT2D eigenvalue weighted by molar-refractivity contribution is -0.125. The Morgan fingerprint density at radius 3 is 2.57 bits per heavy atom. The lowest BCUT2D eigenvalue weighted by Gasteiger charge is -2.46. The Bertz CT molecular complexity index is 443. The second-order valence-electron chi connectivity index (χ2n) is 6.70. The molecule has 3 rings (SSSR count). The molecule has 118 valence electrons. The third-order valence-corrected chi connectivity index (χ3v) is 6.32. The van der Waals surface area contributed by atoms with Crippen molar-refractivity contribution in [2.75, 3.05) is 26.8 Å². The molecule has 1 aliphatic carbocycles. The molecule has 2 unspecified atom stereocenters. The maximum atomic E-state index is 12.0. The quantitative estimate of drug-likeness (QED) is 0.594. The summed E-state index contributed by atoms with van der Waals surface area (Å²) in [7, 11) is 5.13. The fourth-order valence-electron chi connectivity index (χ4n) is 3.67. The van der Waals surface area contributed by atoms with E-state index in [4.69, 9.17) is 4.74 Å². The fraction of sp³-hybridized carbons (Fsp3) is 0.857. The van der Waals surface area contributed by atoms with Gasteiger partial charge in [0, 0.05) is 18.4 Å². The summed E-state index contributed by atoms with van der Waals surface area (Å²) in [4.78, 5) is 25.8. The summed E-state index contributed by atoms with van der Waals surface area (Å²) in [5.74, 6) is 0.448. The molecule has 2 atom stereocenters. The summed E-state index contributed by atoms with van der Waals surface area (Å²) < 4.78 is 5.45. The topological polar surface area (TPSA) is 70.7 Å². The summed E-state index contributed by atoms with van der Waals surface area (Å²) in [5.41, 5.74) is -0.672. The maximum Gasteiger partial charge on any atom is 0.322 e. The average molecular weight is 313 g/mol. The van der Waals surface area contributed by atoms with E-state index in [2.05, 4.69) is 31.8 Å². The van der Waals surface area contributed by atoms with Gasteiger partial charge in [-0.1, -0.05) is 0 Å². The minimum absolute atomic E-state index is 0.0153. The predicted molar refractivity (Wildman–Crippen MR) is 81.9 cm³/mol. The van der Waals surface area contributed by atoms with E-state index in [9.17, 15) is 9.59 Å². The Labute approximate surface area is 127 Å². The Hall–Kier alpha value is -0.710. The summed E-state index contributed by atoms with van der Waals surface area (Å²) in [6, 6.07) is -0.354. The number of nitrogens with one attached hydrogen (secondary N) is 2. The highest BCUT2D eigenvalue weighted by Crippen LogP contribution is 2.43. The van der Waals surface area contributed by atoms with Gasteiger partial charge in [-0.25, -0.2) is 4.79 Å². The average Bonchev–Trinajstić information content (AvgIpc) is 3.03. The number of amides is 3. The molecule has 2 saturated heterocycles. The van der Waals surface area contributed by atoms with Gasteiger partial charge in [0.05, 0.1) is 6.61 Å². The number of nitrogens with zero attached hydrogens (tertiary/aromatic N) is 1. The van der Waals surface area contributed by atoms with Gasteiger partial charge >= 0.3 is 6.03 Å². The molecule has 7 heteroatoms. The first-order chi connectivity index (χ1) is 9.93. The molecule has 21 heavy (non-hydrogen) atoms. The van der Waals surface area contributed by atoms with Gasteiger partial charge in [-0.05, 0) is 45.1 Å². The van der Waals surface area contributed by atoms with Crippen molar-refractivity contribution in [1.29, 1.82) is 0 Å². The summed E-state index contributed by atoms with van der Waals surface area (Å²) >= 11 is 0. The van der Waals surface area contributed by atoms with Gasteiger partial charge in [0.2, 0.25) is 0 Å². The number of ether oxygens (including phenoxy) is 1. The molecule has 2 aliphatic heterocycles. The van der Waals surface area contributed by atoms with Crippen molar-refractivity contribution in [1.82, 2.24) is 15.5 Å². The van der Waals surface area contributed by atoms with Crippen LogP contribution in [0.15, 0.2) is 0 Å². The minimum atomic E-state index is -0.672. The molecule has 0 aromatic carbocycles. The molecular formula is C14H24N3O3P. The minimum Gasteiger partial charge on any atom is -0.381 e. The van der Waals surface area contributed by atoms with Gasteiger partial charge in [0.25, 0.3) is 5.91 Å². The second kappa shape index (κ2) is 5.49. The van der Waals surface area contributed by atoms with Crippen LogP contribution in [0.1, 0.15) is 32.1 Å². The lowest BCUT2D eigenvalue weighted by atomic mass is 9.78. The standard InChI is InChI=1S/C14H24N3O3P/c1-17(8-10-2-7-20-9-10)14(21)5-3-13(4-6-14)11(18)15-12(19)16-13/h10H,2-9,21H2,1H3,(H2,15,16,18,19)/t10?,13-,14-. The maximum absolute atomic E-state index is 12.0. The van der Waals surface area contributed by atoms with E-state index < -0.39 is 5.54 Å². The Kier molecular flexibility index (Phi) is 3.97. The van der Waals surface area contributed by atoms with Crippen molar-refractivity contribution in [3.05, 3.63) is 0 Å². The molecule has 3 fully saturated rings. The van der Waals surface area contributed by atoms with E-state index >= 15 is 0 Å². The van der Waals surface area contributed by atoms with E-state index in [1.54, 1.807) is 0 Å². The van der Waals surface area contributed by atoms with Crippen LogP contribution >= 0.6 is 9.24 Å². The van der Waals surface area contributed by atoms with E-state index in [0.29, 0.717) is 18.8 Å². The molecule has 3 amide bonds. The molecule has 2 heterocycles. The van der Waals surface area contributed by atoms with Crippen LogP contribution in [0.3, 0.4) is 0 Å². The van der Waals surface area contributed by atoms with Crippen LogP contribution < -0.4 is 10.6 Å². The highest BCUT2D eigenvalue weighted by atomic mass is 31.0. The van der Waals surface area contributed by atoms with Crippen molar-refractivity contribution in [2.45, 2.75) is 42.9 Å². The zero-order valence-electron chi connectivity index (χ0n) is 12.5. The van der Waals surface area contributed by atoms with Crippen LogP contribution in [0.5, 0.6) is 0 Å².